The second kappa shape index (κ2) is 8.35. The fourth-order valence-corrected chi connectivity index (χ4v) is 2.33. The van der Waals surface area contributed by atoms with Crippen molar-refractivity contribution in [2.24, 2.45) is 0 Å². The first-order valence-corrected chi connectivity index (χ1v) is 7.77. The predicted molar refractivity (Wildman–Crippen MR) is 92.6 cm³/mol. The molecule has 7 heteroatoms. The number of amides is 1. The summed E-state index contributed by atoms with van der Waals surface area (Å²) in [4.78, 5) is 23.8. The molecule has 0 bridgehead atoms. The average Bonchev–Trinajstić information content (AvgIpc) is 2.59. The fourth-order valence-electron chi connectivity index (χ4n) is 1.93. The minimum Gasteiger partial charge on any atom is -0.497 e. The van der Waals surface area contributed by atoms with Crippen LogP contribution in [0, 0.1) is 0 Å². The fraction of sp³-hybridized carbons (Fsp3) is 0.176. The number of halogens is 1. The zero-order chi connectivity index (χ0) is 17.5. The number of nitrogens with one attached hydrogen (secondary N) is 1. The summed E-state index contributed by atoms with van der Waals surface area (Å²) >= 11 is 3.33. The molecule has 2 rings (SSSR count). The van der Waals surface area contributed by atoms with Gasteiger partial charge >= 0.3 is 5.97 Å². The Balaban J connectivity index is 2.07. The molecule has 1 amide bonds. The molecule has 0 radical (unpaired) electrons. The Hall–Kier alpha value is -2.54. The summed E-state index contributed by atoms with van der Waals surface area (Å²) in [7, 11) is 2.77. The van der Waals surface area contributed by atoms with E-state index in [2.05, 4.69) is 21.2 Å². The molecule has 126 valence electrons. The van der Waals surface area contributed by atoms with Gasteiger partial charge < -0.3 is 19.5 Å². The molecule has 2 aromatic carbocycles. The van der Waals surface area contributed by atoms with Crippen molar-refractivity contribution in [3.8, 4) is 11.5 Å². The van der Waals surface area contributed by atoms with E-state index in [1.807, 2.05) is 6.07 Å². The molecular formula is C17H16BrNO5. The van der Waals surface area contributed by atoms with Crippen LogP contribution in [0.25, 0.3) is 0 Å². The van der Waals surface area contributed by atoms with E-state index in [-0.39, 0.29) is 23.8 Å². The van der Waals surface area contributed by atoms with Crippen LogP contribution in [-0.2, 0) is 9.53 Å². The highest BCUT2D eigenvalue weighted by atomic mass is 79.9. The first kappa shape index (κ1) is 17.8. The molecule has 0 spiro atoms. The number of ether oxygens (including phenoxy) is 3. The van der Waals surface area contributed by atoms with E-state index in [1.54, 1.807) is 24.3 Å². The predicted octanol–water partition coefficient (Wildman–Crippen LogP) is 3.26. The maximum absolute atomic E-state index is 12.0. The summed E-state index contributed by atoms with van der Waals surface area (Å²) in [5.74, 6) is -0.192. The van der Waals surface area contributed by atoms with E-state index in [0.29, 0.717) is 11.4 Å². The molecule has 0 heterocycles. The lowest BCUT2D eigenvalue weighted by atomic mass is 10.2. The minimum atomic E-state index is -0.556. The molecule has 0 aliphatic carbocycles. The van der Waals surface area contributed by atoms with Gasteiger partial charge in [0, 0.05) is 16.2 Å². The first-order valence-electron chi connectivity index (χ1n) is 6.98. The zero-order valence-electron chi connectivity index (χ0n) is 13.2. The molecule has 0 atom stereocenters. The van der Waals surface area contributed by atoms with Crippen molar-refractivity contribution in [1.29, 1.82) is 0 Å². The summed E-state index contributed by atoms with van der Waals surface area (Å²) in [6.45, 7) is -0.260. The van der Waals surface area contributed by atoms with Crippen molar-refractivity contribution in [3.05, 3.63) is 52.5 Å². The lowest BCUT2D eigenvalue weighted by Crippen LogP contribution is -2.21. The molecule has 1 N–H and O–H groups in total. The van der Waals surface area contributed by atoms with Gasteiger partial charge in [-0.05, 0) is 30.3 Å². The summed E-state index contributed by atoms with van der Waals surface area (Å²) in [5, 5.41) is 2.70. The van der Waals surface area contributed by atoms with Crippen LogP contribution in [0.2, 0.25) is 0 Å². The van der Waals surface area contributed by atoms with Crippen molar-refractivity contribution < 1.29 is 23.8 Å². The Morgan fingerprint density at radius 1 is 1.12 bits per heavy atom. The van der Waals surface area contributed by atoms with Crippen LogP contribution in [-0.4, -0.2) is 32.7 Å². The molecule has 0 aromatic heterocycles. The number of hydrogen-bond donors (Lipinski definition) is 1. The Morgan fingerprint density at radius 3 is 2.58 bits per heavy atom. The molecule has 2 aromatic rings. The molecule has 0 aliphatic rings. The summed E-state index contributed by atoms with van der Waals surface area (Å²) < 4.78 is 16.1. The van der Waals surface area contributed by atoms with Crippen LogP contribution in [0.4, 0.5) is 5.69 Å². The monoisotopic (exact) mass is 393 g/mol. The average molecular weight is 394 g/mol. The van der Waals surface area contributed by atoms with E-state index in [1.165, 1.54) is 26.4 Å². The molecular weight excluding hydrogens is 378 g/mol. The third kappa shape index (κ3) is 4.73. The maximum atomic E-state index is 12.0. The van der Waals surface area contributed by atoms with Crippen LogP contribution >= 0.6 is 15.9 Å². The van der Waals surface area contributed by atoms with Crippen LogP contribution in [0.5, 0.6) is 11.5 Å². The number of benzene rings is 2. The van der Waals surface area contributed by atoms with Gasteiger partial charge in [-0.2, -0.15) is 0 Å². The van der Waals surface area contributed by atoms with Gasteiger partial charge in [0.05, 0.1) is 14.2 Å². The Bertz CT molecular complexity index is 748. The van der Waals surface area contributed by atoms with Crippen LogP contribution in [0.1, 0.15) is 10.4 Å². The molecule has 24 heavy (non-hydrogen) atoms. The Kier molecular flexibility index (Phi) is 6.20. The van der Waals surface area contributed by atoms with Crippen molar-refractivity contribution in [1.82, 2.24) is 0 Å². The molecule has 0 saturated heterocycles. The van der Waals surface area contributed by atoms with Crippen molar-refractivity contribution >= 4 is 33.5 Å². The lowest BCUT2D eigenvalue weighted by Gasteiger charge is -2.12. The maximum Gasteiger partial charge on any atom is 0.341 e. The van der Waals surface area contributed by atoms with Gasteiger partial charge in [-0.15, -0.1) is 0 Å². The van der Waals surface area contributed by atoms with E-state index in [9.17, 15) is 9.59 Å². The van der Waals surface area contributed by atoms with Gasteiger partial charge in [-0.3, -0.25) is 4.79 Å². The molecule has 6 nitrogen and oxygen atoms in total. The van der Waals surface area contributed by atoms with Crippen molar-refractivity contribution in [3.63, 3.8) is 0 Å². The number of carbonyl (C=O) groups excluding carboxylic acids is 2. The Labute approximate surface area is 147 Å². The van der Waals surface area contributed by atoms with Gasteiger partial charge in [-0.1, -0.05) is 22.0 Å². The molecule has 0 unspecified atom stereocenters. The number of anilines is 1. The zero-order valence-corrected chi connectivity index (χ0v) is 14.8. The third-order valence-corrected chi connectivity index (χ3v) is 3.55. The van der Waals surface area contributed by atoms with Crippen LogP contribution in [0.3, 0.4) is 0 Å². The van der Waals surface area contributed by atoms with Crippen molar-refractivity contribution in [2.75, 3.05) is 26.1 Å². The number of esters is 1. The normalized spacial score (nSPS) is 9.96. The van der Waals surface area contributed by atoms with E-state index >= 15 is 0 Å². The number of hydrogen-bond acceptors (Lipinski definition) is 5. The third-order valence-electron chi connectivity index (χ3n) is 3.06. The van der Waals surface area contributed by atoms with Gasteiger partial charge in [0.2, 0.25) is 0 Å². The molecule has 0 aliphatic heterocycles. The van der Waals surface area contributed by atoms with Gasteiger partial charge in [0.25, 0.3) is 5.91 Å². The Morgan fingerprint density at radius 2 is 1.92 bits per heavy atom. The summed E-state index contributed by atoms with van der Waals surface area (Å²) in [6, 6.07) is 11.8. The quantitative estimate of drug-likeness (QED) is 0.762. The standard InChI is InChI=1S/C17H16BrNO5/c1-22-13-6-7-14(17(21)23-2)15(9-13)24-10-16(20)19-12-5-3-4-11(18)8-12/h3-9H,10H2,1-2H3,(H,19,20). The van der Waals surface area contributed by atoms with Gasteiger partial charge in [0.15, 0.2) is 6.61 Å². The smallest absolute Gasteiger partial charge is 0.341 e. The summed E-state index contributed by atoms with van der Waals surface area (Å²) in [6.07, 6.45) is 0. The first-order chi connectivity index (χ1) is 11.5. The van der Waals surface area contributed by atoms with Crippen LogP contribution in [0.15, 0.2) is 46.9 Å². The number of carbonyl (C=O) groups is 2. The topological polar surface area (TPSA) is 73.9 Å². The van der Waals surface area contributed by atoms with Gasteiger partial charge in [0.1, 0.15) is 17.1 Å². The molecule has 0 saturated carbocycles. The minimum absolute atomic E-state index is 0.214. The second-order valence-electron chi connectivity index (χ2n) is 4.70. The highest BCUT2D eigenvalue weighted by Gasteiger charge is 2.15. The summed E-state index contributed by atoms with van der Waals surface area (Å²) in [5.41, 5.74) is 0.852. The highest BCUT2D eigenvalue weighted by molar-refractivity contribution is 9.10. The lowest BCUT2D eigenvalue weighted by molar-refractivity contribution is -0.118. The highest BCUT2D eigenvalue weighted by Crippen LogP contribution is 2.25. The SMILES string of the molecule is COC(=O)c1ccc(OC)cc1OCC(=O)Nc1cccc(Br)c1. The van der Waals surface area contributed by atoms with E-state index in [0.717, 1.165) is 4.47 Å². The second-order valence-corrected chi connectivity index (χ2v) is 5.62. The van der Waals surface area contributed by atoms with E-state index < -0.39 is 5.97 Å². The van der Waals surface area contributed by atoms with Crippen molar-refractivity contribution in [2.45, 2.75) is 0 Å². The number of rotatable bonds is 6. The largest absolute Gasteiger partial charge is 0.497 e. The van der Waals surface area contributed by atoms with Gasteiger partial charge in [-0.25, -0.2) is 4.79 Å². The number of methoxy groups -OCH3 is 2. The van der Waals surface area contributed by atoms with Crippen LogP contribution < -0.4 is 14.8 Å². The van der Waals surface area contributed by atoms with E-state index in [4.69, 9.17) is 14.2 Å². The molecule has 0 fully saturated rings.